The van der Waals surface area contributed by atoms with Crippen molar-refractivity contribution in [3.8, 4) is 17.1 Å². The number of aryl methyl sites for hydroxylation is 3. The standard InChI is InChI=1S/C26H28N2/c1-4-11-20-14-10-15-21(12-5-2)25(20)28-24-18-9-8-17-23(24)27-26(28)22-16-7-6-13-19(22)3/h6-10,13-18H,4-5,11-12H2,1-3H3. The van der Waals surface area contributed by atoms with E-state index in [1.165, 1.54) is 33.5 Å². The first-order valence-electron chi connectivity index (χ1n) is 10.4. The largest absolute Gasteiger partial charge is 0.292 e. The lowest BCUT2D eigenvalue weighted by Gasteiger charge is -2.19. The number of nitrogens with zero attached hydrogens (tertiary/aromatic N) is 2. The average Bonchev–Trinajstić information content (AvgIpc) is 3.08. The van der Waals surface area contributed by atoms with Crippen LogP contribution < -0.4 is 0 Å². The van der Waals surface area contributed by atoms with Gasteiger partial charge >= 0.3 is 0 Å². The Morgan fingerprint density at radius 2 is 1.39 bits per heavy atom. The van der Waals surface area contributed by atoms with Crippen LogP contribution in [-0.4, -0.2) is 9.55 Å². The highest BCUT2D eigenvalue weighted by atomic mass is 15.1. The second-order valence-electron chi connectivity index (χ2n) is 7.50. The van der Waals surface area contributed by atoms with Crippen LogP contribution in [0, 0.1) is 6.92 Å². The fraction of sp³-hybridized carbons (Fsp3) is 0.269. The van der Waals surface area contributed by atoms with Gasteiger partial charge in [0.05, 0.1) is 16.7 Å². The van der Waals surface area contributed by atoms with E-state index in [0.717, 1.165) is 37.0 Å². The molecule has 0 bridgehead atoms. The van der Waals surface area contributed by atoms with Gasteiger partial charge in [-0.3, -0.25) is 4.57 Å². The lowest BCUT2D eigenvalue weighted by atomic mass is 9.99. The van der Waals surface area contributed by atoms with Gasteiger partial charge in [-0.25, -0.2) is 4.98 Å². The van der Waals surface area contributed by atoms with Crippen molar-refractivity contribution < 1.29 is 0 Å². The Morgan fingerprint density at radius 1 is 0.750 bits per heavy atom. The molecule has 28 heavy (non-hydrogen) atoms. The van der Waals surface area contributed by atoms with Gasteiger partial charge in [-0.1, -0.05) is 81.3 Å². The maximum absolute atomic E-state index is 5.09. The van der Waals surface area contributed by atoms with Crippen molar-refractivity contribution in [2.45, 2.75) is 46.5 Å². The second kappa shape index (κ2) is 8.02. The molecular formula is C26H28N2. The van der Waals surface area contributed by atoms with Crippen molar-refractivity contribution in [2.75, 3.05) is 0 Å². The van der Waals surface area contributed by atoms with Crippen molar-refractivity contribution in [3.05, 3.63) is 83.4 Å². The SMILES string of the molecule is CCCc1cccc(CCC)c1-n1c(-c2ccccc2C)nc2ccccc21. The first kappa shape index (κ1) is 18.5. The molecule has 1 heterocycles. The molecule has 2 heteroatoms. The Morgan fingerprint density at radius 3 is 2.07 bits per heavy atom. The Hall–Kier alpha value is -2.87. The summed E-state index contributed by atoms with van der Waals surface area (Å²) in [6.45, 7) is 6.68. The van der Waals surface area contributed by atoms with Crippen LogP contribution in [0.15, 0.2) is 66.7 Å². The van der Waals surface area contributed by atoms with Gasteiger partial charge in [-0.15, -0.1) is 0 Å². The van der Waals surface area contributed by atoms with Crippen LogP contribution in [0.1, 0.15) is 43.4 Å². The van der Waals surface area contributed by atoms with Crippen molar-refractivity contribution >= 4 is 11.0 Å². The molecule has 0 spiro atoms. The fourth-order valence-corrected chi connectivity index (χ4v) is 4.13. The van der Waals surface area contributed by atoms with Crippen LogP contribution in [0.5, 0.6) is 0 Å². The van der Waals surface area contributed by atoms with Crippen molar-refractivity contribution in [1.82, 2.24) is 9.55 Å². The summed E-state index contributed by atoms with van der Waals surface area (Å²) in [6.07, 6.45) is 4.42. The summed E-state index contributed by atoms with van der Waals surface area (Å²) in [7, 11) is 0. The van der Waals surface area contributed by atoms with Crippen molar-refractivity contribution in [1.29, 1.82) is 0 Å². The molecule has 0 unspecified atom stereocenters. The zero-order valence-corrected chi connectivity index (χ0v) is 17.1. The van der Waals surface area contributed by atoms with Crippen LogP contribution in [0.2, 0.25) is 0 Å². The zero-order valence-electron chi connectivity index (χ0n) is 17.1. The summed E-state index contributed by atoms with van der Waals surface area (Å²) in [5.41, 5.74) is 8.84. The van der Waals surface area contributed by atoms with Crippen LogP contribution in [0.25, 0.3) is 28.1 Å². The zero-order chi connectivity index (χ0) is 19.5. The van der Waals surface area contributed by atoms with Gasteiger partial charge in [0.1, 0.15) is 5.82 Å². The number of imidazole rings is 1. The van der Waals surface area contributed by atoms with Crippen molar-refractivity contribution in [3.63, 3.8) is 0 Å². The van der Waals surface area contributed by atoms with Gasteiger partial charge in [-0.2, -0.15) is 0 Å². The van der Waals surface area contributed by atoms with E-state index in [4.69, 9.17) is 4.98 Å². The van der Waals surface area contributed by atoms with Gasteiger partial charge in [0, 0.05) is 5.56 Å². The molecule has 0 radical (unpaired) electrons. The summed E-state index contributed by atoms with van der Waals surface area (Å²) in [6, 6.07) is 23.9. The van der Waals surface area contributed by atoms with E-state index in [1.807, 2.05) is 0 Å². The molecule has 1 aromatic heterocycles. The van der Waals surface area contributed by atoms with E-state index in [1.54, 1.807) is 0 Å². The molecule has 4 aromatic rings. The Balaban J connectivity index is 2.10. The number of hydrogen-bond acceptors (Lipinski definition) is 1. The molecule has 0 aliphatic carbocycles. The van der Waals surface area contributed by atoms with E-state index in [-0.39, 0.29) is 0 Å². The Kier molecular flexibility index (Phi) is 5.29. The van der Waals surface area contributed by atoms with E-state index in [2.05, 4.69) is 92.1 Å². The minimum atomic E-state index is 1.04. The number of benzene rings is 3. The predicted octanol–water partition coefficient (Wildman–Crippen LogP) is 6.91. The molecule has 0 fully saturated rings. The highest BCUT2D eigenvalue weighted by Gasteiger charge is 2.19. The van der Waals surface area contributed by atoms with Crippen LogP contribution in [-0.2, 0) is 12.8 Å². The minimum Gasteiger partial charge on any atom is -0.292 e. The van der Waals surface area contributed by atoms with Gasteiger partial charge in [0.25, 0.3) is 0 Å². The maximum Gasteiger partial charge on any atom is 0.146 e. The second-order valence-corrected chi connectivity index (χ2v) is 7.50. The van der Waals surface area contributed by atoms with Gasteiger partial charge in [0.2, 0.25) is 0 Å². The van der Waals surface area contributed by atoms with Crippen LogP contribution >= 0.6 is 0 Å². The molecular weight excluding hydrogens is 340 g/mol. The van der Waals surface area contributed by atoms with E-state index in [9.17, 15) is 0 Å². The van der Waals surface area contributed by atoms with Crippen LogP contribution in [0.3, 0.4) is 0 Å². The average molecular weight is 369 g/mol. The van der Waals surface area contributed by atoms with Gasteiger partial charge in [-0.05, 0) is 48.6 Å². The number of aromatic nitrogens is 2. The topological polar surface area (TPSA) is 17.8 Å². The molecule has 0 aliphatic rings. The van der Waals surface area contributed by atoms with Crippen LogP contribution in [0.4, 0.5) is 0 Å². The normalized spacial score (nSPS) is 11.2. The third-order valence-electron chi connectivity index (χ3n) is 5.41. The number of hydrogen-bond donors (Lipinski definition) is 0. The summed E-state index contributed by atoms with van der Waals surface area (Å²) in [5.74, 6) is 1.04. The number of rotatable bonds is 6. The maximum atomic E-state index is 5.09. The van der Waals surface area contributed by atoms with E-state index >= 15 is 0 Å². The molecule has 0 N–H and O–H groups in total. The van der Waals surface area contributed by atoms with Gasteiger partial charge in [0.15, 0.2) is 0 Å². The molecule has 0 saturated carbocycles. The summed E-state index contributed by atoms with van der Waals surface area (Å²) in [5, 5.41) is 0. The molecule has 2 nitrogen and oxygen atoms in total. The first-order valence-corrected chi connectivity index (χ1v) is 10.4. The molecule has 3 aromatic carbocycles. The number of para-hydroxylation sites is 3. The molecule has 0 amide bonds. The van der Waals surface area contributed by atoms with E-state index < -0.39 is 0 Å². The number of fused-ring (bicyclic) bond motifs is 1. The predicted molar refractivity (Wildman–Crippen MR) is 119 cm³/mol. The Labute approximate surface area is 167 Å². The quantitative estimate of drug-likeness (QED) is 0.362. The molecule has 4 rings (SSSR count). The minimum absolute atomic E-state index is 1.04. The highest BCUT2D eigenvalue weighted by Crippen LogP contribution is 2.34. The van der Waals surface area contributed by atoms with E-state index in [0.29, 0.717) is 0 Å². The highest BCUT2D eigenvalue weighted by molar-refractivity contribution is 5.84. The monoisotopic (exact) mass is 368 g/mol. The third kappa shape index (κ3) is 3.24. The lowest BCUT2D eigenvalue weighted by molar-refractivity contribution is 0.869. The molecule has 0 saturated heterocycles. The summed E-state index contributed by atoms with van der Waals surface area (Å²) in [4.78, 5) is 5.09. The Bertz CT molecular complexity index is 1080. The summed E-state index contributed by atoms with van der Waals surface area (Å²) >= 11 is 0. The molecule has 0 atom stereocenters. The molecule has 0 aliphatic heterocycles. The van der Waals surface area contributed by atoms with Gasteiger partial charge < -0.3 is 0 Å². The fourth-order valence-electron chi connectivity index (χ4n) is 4.13. The van der Waals surface area contributed by atoms with Crippen molar-refractivity contribution in [2.24, 2.45) is 0 Å². The first-order chi connectivity index (χ1) is 13.7. The summed E-state index contributed by atoms with van der Waals surface area (Å²) < 4.78 is 2.41. The lowest BCUT2D eigenvalue weighted by Crippen LogP contribution is -2.07. The molecule has 142 valence electrons. The third-order valence-corrected chi connectivity index (χ3v) is 5.41. The smallest absolute Gasteiger partial charge is 0.146 e.